The molecule has 0 spiro atoms. The van der Waals surface area contributed by atoms with Crippen molar-refractivity contribution in [3.8, 4) is 0 Å². The Morgan fingerprint density at radius 1 is 1.69 bits per heavy atom. The molecule has 2 heteroatoms. The standard InChI is InChI=1S/C11H19NO/c1-11(2)7-3-4-8(9(11)5-7)10(12)6-13/h4,7,9-10,13H,3,5-6,12H2,1-2H3/t7?,9?,10-/m0/s1. The monoisotopic (exact) mass is 181 g/mol. The van der Waals surface area contributed by atoms with Crippen molar-refractivity contribution in [2.24, 2.45) is 23.0 Å². The minimum absolute atomic E-state index is 0.0864. The third-order valence-corrected chi connectivity index (χ3v) is 4.14. The van der Waals surface area contributed by atoms with E-state index in [-0.39, 0.29) is 12.6 Å². The molecule has 2 unspecified atom stereocenters. The molecule has 2 nitrogen and oxygen atoms in total. The molecule has 1 fully saturated rings. The SMILES string of the molecule is CC1(C)C2CC=C([C@@H](N)CO)C1C2. The van der Waals surface area contributed by atoms with Crippen LogP contribution in [0.5, 0.6) is 0 Å². The molecule has 3 rings (SSSR count). The van der Waals surface area contributed by atoms with E-state index in [0.29, 0.717) is 11.3 Å². The zero-order chi connectivity index (χ0) is 9.64. The van der Waals surface area contributed by atoms with E-state index in [0.717, 1.165) is 12.3 Å². The van der Waals surface area contributed by atoms with Crippen molar-refractivity contribution in [2.75, 3.05) is 6.61 Å². The summed E-state index contributed by atoms with van der Waals surface area (Å²) in [6.45, 7) is 4.73. The molecule has 1 saturated carbocycles. The maximum atomic E-state index is 9.03. The molecular weight excluding hydrogens is 162 g/mol. The van der Waals surface area contributed by atoms with E-state index in [1.807, 2.05) is 0 Å². The normalized spacial score (nSPS) is 37.7. The van der Waals surface area contributed by atoms with Crippen LogP contribution in [0.25, 0.3) is 0 Å². The van der Waals surface area contributed by atoms with Crippen LogP contribution in [-0.4, -0.2) is 17.8 Å². The van der Waals surface area contributed by atoms with Gasteiger partial charge in [-0.05, 0) is 30.1 Å². The van der Waals surface area contributed by atoms with Gasteiger partial charge in [-0.15, -0.1) is 0 Å². The second-order valence-corrected chi connectivity index (χ2v) is 5.04. The molecule has 74 valence electrons. The quantitative estimate of drug-likeness (QED) is 0.631. The fraction of sp³-hybridized carbons (Fsp3) is 0.818. The predicted molar refractivity (Wildman–Crippen MR) is 53.1 cm³/mol. The molecule has 0 aromatic heterocycles. The first-order valence-electron chi connectivity index (χ1n) is 5.13. The first kappa shape index (κ1) is 9.22. The van der Waals surface area contributed by atoms with Crippen molar-refractivity contribution in [3.63, 3.8) is 0 Å². The average molecular weight is 181 g/mol. The van der Waals surface area contributed by atoms with Gasteiger partial charge in [-0.1, -0.05) is 25.5 Å². The van der Waals surface area contributed by atoms with Crippen LogP contribution in [0.4, 0.5) is 0 Å². The second kappa shape index (κ2) is 2.82. The third-order valence-electron chi connectivity index (χ3n) is 4.14. The highest BCUT2D eigenvalue weighted by Crippen LogP contribution is 2.59. The van der Waals surface area contributed by atoms with E-state index in [1.54, 1.807) is 0 Å². The summed E-state index contributed by atoms with van der Waals surface area (Å²) in [5.41, 5.74) is 7.59. The van der Waals surface area contributed by atoms with Crippen LogP contribution in [0.2, 0.25) is 0 Å². The molecule has 0 aromatic carbocycles. The fourth-order valence-corrected chi connectivity index (χ4v) is 2.92. The molecule has 0 radical (unpaired) electrons. The van der Waals surface area contributed by atoms with E-state index in [2.05, 4.69) is 19.9 Å². The van der Waals surface area contributed by atoms with Gasteiger partial charge < -0.3 is 10.8 Å². The lowest BCUT2D eigenvalue weighted by molar-refractivity contribution is -0.0114. The van der Waals surface area contributed by atoms with E-state index >= 15 is 0 Å². The van der Waals surface area contributed by atoms with E-state index in [4.69, 9.17) is 10.8 Å². The van der Waals surface area contributed by atoms with Crippen LogP contribution in [0.15, 0.2) is 11.6 Å². The van der Waals surface area contributed by atoms with Gasteiger partial charge in [0, 0.05) is 6.04 Å². The minimum atomic E-state index is -0.120. The summed E-state index contributed by atoms with van der Waals surface area (Å²) >= 11 is 0. The molecule has 3 aliphatic rings. The van der Waals surface area contributed by atoms with Gasteiger partial charge in [0.15, 0.2) is 0 Å². The predicted octanol–water partition coefficient (Wildman–Crippen LogP) is 1.30. The van der Waals surface area contributed by atoms with Crippen LogP contribution in [-0.2, 0) is 0 Å². The van der Waals surface area contributed by atoms with Gasteiger partial charge in [0.05, 0.1) is 6.61 Å². The van der Waals surface area contributed by atoms with Crippen molar-refractivity contribution < 1.29 is 5.11 Å². The molecule has 0 heterocycles. The summed E-state index contributed by atoms with van der Waals surface area (Å²) in [6, 6.07) is -0.120. The van der Waals surface area contributed by atoms with Crippen LogP contribution in [0.3, 0.4) is 0 Å². The van der Waals surface area contributed by atoms with Crippen molar-refractivity contribution >= 4 is 0 Å². The lowest BCUT2D eigenvalue weighted by Crippen LogP contribution is -2.51. The zero-order valence-electron chi connectivity index (χ0n) is 8.46. The van der Waals surface area contributed by atoms with Gasteiger partial charge in [-0.2, -0.15) is 0 Å². The largest absolute Gasteiger partial charge is 0.394 e. The molecule has 3 N–H and O–H groups in total. The minimum Gasteiger partial charge on any atom is -0.394 e. The van der Waals surface area contributed by atoms with Crippen molar-refractivity contribution in [1.82, 2.24) is 0 Å². The Morgan fingerprint density at radius 2 is 2.38 bits per heavy atom. The maximum absolute atomic E-state index is 9.03. The Balaban J connectivity index is 2.18. The number of rotatable bonds is 2. The summed E-state index contributed by atoms with van der Waals surface area (Å²) in [4.78, 5) is 0. The Morgan fingerprint density at radius 3 is 2.85 bits per heavy atom. The lowest BCUT2D eigenvalue weighted by Gasteiger charge is -2.57. The van der Waals surface area contributed by atoms with Gasteiger partial charge in [0.1, 0.15) is 0 Å². The van der Waals surface area contributed by atoms with Gasteiger partial charge in [-0.3, -0.25) is 0 Å². The van der Waals surface area contributed by atoms with Gasteiger partial charge >= 0.3 is 0 Å². The number of hydrogen-bond acceptors (Lipinski definition) is 2. The number of nitrogens with two attached hydrogens (primary N) is 1. The smallest absolute Gasteiger partial charge is 0.0621 e. The number of fused-ring (bicyclic) bond motifs is 1. The first-order chi connectivity index (χ1) is 6.07. The van der Waals surface area contributed by atoms with Crippen molar-refractivity contribution in [1.29, 1.82) is 0 Å². The van der Waals surface area contributed by atoms with E-state index in [1.165, 1.54) is 12.0 Å². The topological polar surface area (TPSA) is 46.2 Å². The molecule has 0 aliphatic heterocycles. The first-order valence-corrected chi connectivity index (χ1v) is 5.13. The Bertz CT molecular complexity index is 244. The lowest BCUT2D eigenvalue weighted by atomic mass is 9.48. The highest BCUT2D eigenvalue weighted by Gasteiger charge is 2.51. The Hall–Kier alpha value is -0.340. The van der Waals surface area contributed by atoms with Crippen molar-refractivity contribution in [3.05, 3.63) is 11.6 Å². The number of aliphatic hydroxyl groups is 1. The van der Waals surface area contributed by atoms with Crippen LogP contribution < -0.4 is 5.73 Å². The van der Waals surface area contributed by atoms with E-state index in [9.17, 15) is 0 Å². The van der Waals surface area contributed by atoms with Crippen molar-refractivity contribution in [2.45, 2.75) is 32.7 Å². The fourth-order valence-electron chi connectivity index (χ4n) is 2.92. The average Bonchev–Trinajstić information content (AvgIpc) is 2.16. The summed E-state index contributed by atoms with van der Waals surface area (Å²) in [7, 11) is 0. The summed E-state index contributed by atoms with van der Waals surface area (Å²) in [6.07, 6.45) is 4.70. The van der Waals surface area contributed by atoms with E-state index < -0.39 is 0 Å². The van der Waals surface area contributed by atoms with Gasteiger partial charge in [0.2, 0.25) is 0 Å². The third kappa shape index (κ3) is 1.16. The molecule has 0 aromatic rings. The molecule has 2 bridgehead atoms. The molecule has 0 amide bonds. The summed E-state index contributed by atoms with van der Waals surface area (Å²) in [5.74, 6) is 1.49. The Labute approximate surface area is 79.8 Å². The van der Waals surface area contributed by atoms with Crippen LogP contribution >= 0.6 is 0 Å². The number of allylic oxidation sites excluding steroid dienone is 1. The Kier molecular flexibility index (Phi) is 2.00. The molecule has 3 atom stereocenters. The summed E-state index contributed by atoms with van der Waals surface area (Å²) in [5, 5.41) is 9.03. The van der Waals surface area contributed by atoms with Gasteiger partial charge in [0.25, 0.3) is 0 Å². The van der Waals surface area contributed by atoms with Gasteiger partial charge in [-0.25, -0.2) is 0 Å². The molecule has 3 aliphatic carbocycles. The molecule has 0 saturated heterocycles. The highest BCUT2D eigenvalue weighted by molar-refractivity contribution is 5.27. The van der Waals surface area contributed by atoms with Crippen LogP contribution in [0, 0.1) is 17.3 Å². The van der Waals surface area contributed by atoms with Crippen LogP contribution in [0.1, 0.15) is 26.7 Å². The second-order valence-electron chi connectivity index (χ2n) is 5.04. The highest BCUT2D eigenvalue weighted by atomic mass is 16.3. The number of hydrogen-bond donors (Lipinski definition) is 2. The summed E-state index contributed by atoms with van der Waals surface area (Å²) < 4.78 is 0. The maximum Gasteiger partial charge on any atom is 0.0621 e. The molecule has 13 heavy (non-hydrogen) atoms. The number of aliphatic hydroxyl groups excluding tert-OH is 1. The molecular formula is C11H19NO. The zero-order valence-corrected chi connectivity index (χ0v) is 8.46.